The molecule has 0 fully saturated rings. The highest BCUT2D eigenvalue weighted by Crippen LogP contribution is 2.32. The topological polar surface area (TPSA) is 39.7 Å². The van der Waals surface area contributed by atoms with E-state index in [1.165, 1.54) is 0 Å². The van der Waals surface area contributed by atoms with Crippen molar-refractivity contribution in [3.05, 3.63) is 23.8 Å². The Morgan fingerprint density at radius 1 is 1.00 bits per heavy atom. The van der Waals surface area contributed by atoms with Crippen LogP contribution in [0.1, 0.15) is 39.3 Å². The smallest absolute Gasteiger partial charge is 0.161 e. The molecule has 2 atom stereocenters. The van der Waals surface area contributed by atoms with Crippen molar-refractivity contribution in [3.8, 4) is 11.5 Å². The largest absolute Gasteiger partial charge is 0.490 e. The summed E-state index contributed by atoms with van der Waals surface area (Å²) in [6.45, 7) is 9.97. The highest BCUT2D eigenvalue weighted by atomic mass is 16.5. The van der Waals surface area contributed by atoms with Gasteiger partial charge in [-0.1, -0.05) is 6.07 Å². The van der Waals surface area contributed by atoms with Crippen molar-refractivity contribution in [3.63, 3.8) is 0 Å². The molecular formula is C16H27NO3. The Bertz CT molecular complexity index is 395. The number of ether oxygens (including phenoxy) is 3. The van der Waals surface area contributed by atoms with Gasteiger partial charge in [0.25, 0.3) is 0 Å². The summed E-state index contributed by atoms with van der Waals surface area (Å²) in [5.41, 5.74) is 1.14. The van der Waals surface area contributed by atoms with Crippen molar-refractivity contribution >= 4 is 0 Å². The number of likely N-dealkylation sites (N-methyl/N-ethyl adjacent to an activating group) is 1. The van der Waals surface area contributed by atoms with Crippen LogP contribution in [0.15, 0.2) is 18.2 Å². The molecule has 0 saturated heterocycles. The van der Waals surface area contributed by atoms with E-state index in [0.29, 0.717) is 19.8 Å². The van der Waals surface area contributed by atoms with Gasteiger partial charge in [0.05, 0.1) is 25.4 Å². The van der Waals surface area contributed by atoms with Gasteiger partial charge >= 0.3 is 0 Å². The van der Waals surface area contributed by atoms with E-state index in [0.717, 1.165) is 17.1 Å². The monoisotopic (exact) mass is 281 g/mol. The Morgan fingerprint density at radius 3 is 2.20 bits per heavy atom. The fourth-order valence-corrected chi connectivity index (χ4v) is 2.29. The molecule has 1 aromatic carbocycles. The quantitative estimate of drug-likeness (QED) is 0.754. The zero-order valence-corrected chi connectivity index (χ0v) is 13.2. The Hall–Kier alpha value is -1.26. The number of hydrogen-bond donors (Lipinski definition) is 1. The molecule has 0 spiro atoms. The van der Waals surface area contributed by atoms with Crippen LogP contribution in [-0.2, 0) is 4.74 Å². The first-order valence-electron chi connectivity index (χ1n) is 7.36. The van der Waals surface area contributed by atoms with Crippen LogP contribution in [-0.4, -0.2) is 33.0 Å². The average molecular weight is 281 g/mol. The van der Waals surface area contributed by atoms with Gasteiger partial charge in [-0.3, -0.25) is 0 Å². The standard InChI is InChI=1S/C16H27NO3/c1-6-18-12(4)16(17-5)13-9-10-14(19-7-2)15(11-13)20-8-3/h9-12,16-17H,6-8H2,1-5H3. The molecule has 0 bridgehead atoms. The average Bonchev–Trinajstić information content (AvgIpc) is 2.43. The summed E-state index contributed by atoms with van der Waals surface area (Å²) in [6, 6.07) is 6.19. The first-order valence-corrected chi connectivity index (χ1v) is 7.36. The number of nitrogens with one attached hydrogen (secondary N) is 1. The second kappa shape index (κ2) is 8.82. The van der Waals surface area contributed by atoms with E-state index < -0.39 is 0 Å². The van der Waals surface area contributed by atoms with Crippen LogP contribution in [0, 0.1) is 0 Å². The molecule has 0 saturated carbocycles. The van der Waals surface area contributed by atoms with Crippen LogP contribution in [0.4, 0.5) is 0 Å². The van der Waals surface area contributed by atoms with Crippen molar-refractivity contribution < 1.29 is 14.2 Å². The molecule has 0 aliphatic rings. The normalized spacial score (nSPS) is 13.8. The molecule has 0 amide bonds. The van der Waals surface area contributed by atoms with Crippen LogP contribution in [0.25, 0.3) is 0 Å². The van der Waals surface area contributed by atoms with Gasteiger partial charge in [-0.2, -0.15) is 0 Å². The maximum absolute atomic E-state index is 5.69. The second-order valence-corrected chi connectivity index (χ2v) is 4.50. The predicted octanol–water partition coefficient (Wildman–Crippen LogP) is 3.17. The third-order valence-corrected chi connectivity index (χ3v) is 3.14. The zero-order chi connectivity index (χ0) is 15.0. The minimum atomic E-state index is 0.0948. The van der Waals surface area contributed by atoms with E-state index in [2.05, 4.69) is 18.3 Å². The lowest BCUT2D eigenvalue weighted by molar-refractivity contribution is 0.0492. The molecule has 0 radical (unpaired) electrons. The summed E-state index contributed by atoms with van der Waals surface area (Å²) < 4.78 is 17.0. The summed E-state index contributed by atoms with van der Waals surface area (Å²) >= 11 is 0. The van der Waals surface area contributed by atoms with Gasteiger partial charge in [-0.05, 0) is 52.4 Å². The highest BCUT2D eigenvalue weighted by Gasteiger charge is 2.19. The molecule has 2 unspecified atom stereocenters. The maximum Gasteiger partial charge on any atom is 0.161 e. The Kier molecular flexibility index (Phi) is 7.41. The van der Waals surface area contributed by atoms with Crippen LogP contribution >= 0.6 is 0 Å². The molecule has 1 rings (SSSR count). The SMILES string of the molecule is CCOc1ccc(C(NC)C(C)OCC)cc1OCC. The molecule has 0 aromatic heterocycles. The van der Waals surface area contributed by atoms with Crippen LogP contribution < -0.4 is 14.8 Å². The van der Waals surface area contributed by atoms with Crippen molar-refractivity contribution in [2.75, 3.05) is 26.9 Å². The van der Waals surface area contributed by atoms with Gasteiger partial charge in [0.15, 0.2) is 11.5 Å². The predicted molar refractivity (Wildman–Crippen MR) is 81.7 cm³/mol. The fourth-order valence-electron chi connectivity index (χ4n) is 2.29. The fraction of sp³-hybridized carbons (Fsp3) is 0.625. The molecule has 4 nitrogen and oxygen atoms in total. The van der Waals surface area contributed by atoms with Crippen molar-refractivity contribution in [2.45, 2.75) is 39.8 Å². The third kappa shape index (κ3) is 4.39. The first kappa shape index (κ1) is 16.8. The second-order valence-electron chi connectivity index (χ2n) is 4.50. The highest BCUT2D eigenvalue weighted by molar-refractivity contribution is 5.44. The minimum Gasteiger partial charge on any atom is -0.490 e. The molecule has 0 aliphatic heterocycles. The molecule has 1 N–H and O–H groups in total. The number of rotatable bonds is 9. The third-order valence-electron chi connectivity index (χ3n) is 3.14. The molecule has 0 heterocycles. The van der Waals surface area contributed by atoms with Crippen LogP contribution in [0.5, 0.6) is 11.5 Å². The van der Waals surface area contributed by atoms with Gasteiger partial charge in [0.1, 0.15) is 0 Å². The van der Waals surface area contributed by atoms with E-state index in [9.17, 15) is 0 Å². The molecule has 1 aromatic rings. The molecule has 4 heteroatoms. The van der Waals surface area contributed by atoms with Gasteiger partial charge in [-0.15, -0.1) is 0 Å². The van der Waals surface area contributed by atoms with Gasteiger partial charge in [0.2, 0.25) is 0 Å². The van der Waals surface area contributed by atoms with Crippen molar-refractivity contribution in [1.29, 1.82) is 0 Å². The van der Waals surface area contributed by atoms with E-state index in [4.69, 9.17) is 14.2 Å². The summed E-state index contributed by atoms with van der Waals surface area (Å²) in [6.07, 6.45) is 0.0948. The van der Waals surface area contributed by atoms with Crippen molar-refractivity contribution in [1.82, 2.24) is 5.32 Å². The Morgan fingerprint density at radius 2 is 1.65 bits per heavy atom. The lowest BCUT2D eigenvalue weighted by Crippen LogP contribution is -2.29. The summed E-state index contributed by atoms with van der Waals surface area (Å²) in [7, 11) is 1.94. The molecule has 0 aliphatic carbocycles. The summed E-state index contributed by atoms with van der Waals surface area (Å²) in [4.78, 5) is 0. The Labute approximate surface area is 122 Å². The van der Waals surface area contributed by atoms with Crippen LogP contribution in [0.2, 0.25) is 0 Å². The first-order chi connectivity index (χ1) is 9.67. The zero-order valence-electron chi connectivity index (χ0n) is 13.2. The lowest BCUT2D eigenvalue weighted by atomic mass is 10.0. The molecule has 114 valence electrons. The van der Waals surface area contributed by atoms with E-state index in [1.807, 2.05) is 40.0 Å². The van der Waals surface area contributed by atoms with E-state index >= 15 is 0 Å². The van der Waals surface area contributed by atoms with Crippen molar-refractivity contribution in [2.24, 2.45) is 0 Å². The van der Waals surface area contributed by atoms with Gasteiger partial charge in [0, 0.05) is 6.61 Å². The van der Waals surface area contributed by atoms with Gasteiger partial charge in [-0.25, -0.2) is 0 Å². The maximum atomic E-state index is 5.69. The molecule has 20 heavy (non-hydrogen) atoms. The van der Waals surface area contributed by atoms with Gasteiger partial charge < -0.3 is 19.5 Å². The Balaban J connectivity index is 3.01. The number of benzene rings is 1. The lowest BCUT2D eigenvalue weighted by Gasteiger charge is -2.24. The van der Waals surface area contributed by atoms with E-state index in [-0.39, 0.29) is 12.1 Å². The molecular weight excluding hydrogens is 254 g/mol. The summed E-state index contributed by atoms with van der Waals surface area (Å²) in [5, 5.41) is 3.30. The minimum absolute atomic E-state index is 0.0948. The number of hydrogen-bond acceptors (Lipinski definition) is 4. The van der Waals surface area contributed by atoms with E-state index in [1.54, 1.807) is 0 Å². The van der Waals surface area contributed by atoms with Crippen LogP contribution in [0.3, 0.4) is 0 Å². The summed E-state index contributed by atoms with van der Waals surface area (Å²) in [5.74, 6) is 1.58.